The lowest BCUT2D eigenvalue weighted by molar-refractivity contribution is 0.292. The van der Waals surface area contributed by atoms with Gasteiger partial charge >= 0.3 is 0 Å². The minimum Gasteiger partial charge on any atom is -0.396 e. The Labute approximate surface area is 128 Å². The summed E-state index contributed by atoms with van der Waals surface area (Å²) in [5.41, 5.74) is 2.28. The summed E-state index contributed by atoms with van der Waals surface area (Å²) in [6.45, 7) is 1.50. The molecular weight excluding hydrogens is 292 g/mol. The fraction of sp³-hybridized carbons (Fsp3) is 0.429. The smallest absolute Gasteiger partial charge is 0.172 e. The number of rotatable bonds is 8. The molecule has 2 aromatic rings. The van der Waals surface area contributed by atoms with E-state index in [-0.39, 0.29) is 13.2 Å². The Balaban J connectivity index is 2.23. The van der Waals surface area contributed by atoms with E-state index in [1.54, 1.807) is 0 Å². The zero-order valence-corrected chi connectivity index (χ0v) is 12.4. The van der Waals surface area contributed by atoms with Crippen LogP contribution in [0, 0.1) is 0 Å². The molecular formula is C14H19ClN4O2. The molecule has 4 N–H and O–H groups in total. The lowest BCUT2D eigenvalue weighted by atomic mass is 10.2. The van der Waals surface area contributed by atoms with Crippen LogP contribution in [0.15, 0.2) is 18.2 Å². The molecule has 0 aliphatic carbocycles. The average molecular weight is 311 g/mol. The number of anilines is 2. The van der Waals surface area contributed by atoms with Gasteiger partial charge in [-0.2, -0.15) is 0 Å². The van der Waals surface area contributed by atoms with Crippen molar-refractivity contribution >= 4 is 34.1 Å². The third kappa shape index (κ3) is 4.17. The molecule has 0 amide bonds. The number of hydrogen-bond donors (Lipinski definition) is 4. The molecule has 6 nitrogen and oxygen atoms in total. The molecule has 0 atom stereocenters. The van der Waals surface area contributed by atoms with Crippen molar-refractivity contribution in [3.63, 3.8) is 0 Å². The third-order valence-corrected chi connectivity index (χ3v) is 3.19. The second-order valence-corrected chi connectivity index (χ2v) is 4.90. The summed E-state index contributed by atoms with van der Waals surface area (Å²) in [5, 5.41) is 24.2. The van der Waals surface area contributed by atoms with Crippen LogP contribution in [-0.2, 0) is 0 Å². The first-order valence-electron chi connectivity index (χ1n) is 6.92. The standard InChI is InChI=1S/C14H19ClN4O2/c15-13-14(17-7-3-9-21)18-11-5-1-4-10(12(11)19-13)16-6-2-8-20/h1,4-5,16,20-21H,2-3,6-9H2,(H,17,18). The first-order chi connectivity index (χ1) is 10.3. The molecule has 1 aromatic carbocycles. The number of nitrogens with one attached hydrogen (secondary N) is 2. The Morgan fingerprint density at radius 1 is 1.00 bits per heavy atom. The number of benzene rings is 1. The van der Waals surface area contributed by atoms with Crippen molar-refractivity contribution in [1.29, 1.82) is 0 Å². The fourth-order valence-corrected chi connectivity index (χ4v) is 2.09. The maximum absolute atomic E-state index is 8.83. The van der Waals surface area contributed by atoms with Crippen LogP contribution in [0.5, 0.6) is 0 Å². The Bertz CT molecular complexity index is 594. The van der Waals surface area contributed by atoms with Crippen LogP contribution in [0.1, 0.15) is 12.8 Å². The second kappa shape index (κ2) is 7.97. The normalized spacial score (nSPS) is 10.8. The third-order valence-electron chi connectivity index (χ3n) is 2.93. The number of nitrogens with zero attached hydrogens (tertiary/aromatic N) is 2. The van der Waals surface area contributed by atoms with Crippen molar-refractivity contribution < 1.29 is 10.2 Å². The number of halogens is 1. The van der Waals surface area contributed by atoms with Crippen LogP contribution in [0.3, 0.4) is 0 Å². The highest BCUT2D eigenvalue weighted by Crippen LogP contribution is 2.26. The summed E-state index contributed by atoms with van der Waals surface area (Å²) < 4.78 is 0. The minimum atomic E-state index is 0.116. The molecule has 0 aliphatic rings. The van der Waals surface area contributed by atoms with Gasteiger partial charge in [-0.3, -0.25) is 0 Å². The lowest BCUT2D eigenvalue weighted by Gasteiger charge is -2.11. The first-order valence-corrected chi connectivity index (χ1v) is 7.29. The summed E-state index contributed by atoms with van der Waals surface area (Å²) in [6, 6.07) is 5.67. The Hall–Kier alpha value is -1.63. The van der Waals surface area contributed by atoms with Crippen molar-refractivity contribution in [2.45, 2.75) is 12.8 Å². The van der Waals surface area contributed by atoms with Crippen molar-refractivity contribution in [3.05, 3.63) is 23.4 Å². The van der Waals surface area contributed by atoms with E-state index in [2.05, 4.69) is 20.6 Å². The Morgan fingerprint density at radius 2 is 1.71 bits per heavy atom. The number of aliphatic hydroxyl groups is 2. The quantitative estimate of drug-likeness (QED) is 0.557. The number of aliphatic hydroxyl groups excluding tert-OH is 2. The van der Waals surface area contributed by atoms with E-state index in [9.17, 15) is 0 Å². The van der Waals surface area contributed by atoms with Gasteiger partial charge in [0.05, 0.1) is 11.2 Å². The molecule has 2 rings (SSSR count). The zero-order valence-electron chi connectivity index (χ0n) is 11.6. The van der Waals surface area contributed by atoms with E-state index >= 15 is 0 Å². The maximum atomic E-state index is 8.83. The molecule has 0 saturated heterocycles. The van der Waals surface area contributed by atoms with Crippen molar-refractivity contribution in [3.8, 4) is 0 Å². The second-order valence-electron chi connectivity index (χ2n) is 4.54. The molecule has 0 spiro atoms. The highest BCUT2D eigenvalue weighted by atomic mass is 35.5. The molecule has 0 fully saturated rings. The van der Waals surface area contributed by atoms with Crippen molar-refractivity contribution in [2.75, 3.05) is 36.9 Å². The van der Waals surface area contributed by atoms with Gasteiger partial charge < -0.3 is 20.8 Å². The van der Waals surface area contributed by atoms with Gasteiger partial charge in [0.25, 0.3) is 0 Å². The molecule has 7 heteroatoms. The van der Waals surface area contributed by atoms with E-state index in [4.69, 9.17) is 21.8 Å². The van der Waals surface area contributed by atoms with Gasteiger partial charge in [0, 0.05) is 26.3 Å². The SMILES string of the molecule is OCCCNc1nc2cccc(NCCCO)c2nc1Cl. The minimum absolute atomic E-state index is 0.116. The number of fused-ring (bicyclic) bond motifs is 1. The molecule has 1 heterocycles. The topological polar surface area (TPSA) is 90.3 Å². The van der Waals surface area contributed by atoms with Gasteiger partial charge in [-0.1, -0.05) is 17.7 Å². The van der Waals surface area contributed by atoms with Crippen LogP contribution in [0.4, 0.5) is 11.5 Å². The van der Waals surface area contributed by atoms with Gasteiger partial charge in [-0.15, -0.1) is 0 Å². The first kappa shape index (κ1) is 15.8. The van der Waals surface area contributed by atoms with Crippen LogP contribution >= 0.6 is 11.6 Å². The highest BCUT2D eigenvalue weighted by molar-refractivity contribution is 6.32. The van der Waals surface area contributed by atoms with E-state index in [1.165, 1.54) is 0 Å². The van der Waals surface area contributed by atoms with Gasteiger partial charge in [0.2, 0.25) is 0 Å². The summed E-state index contributed by atoms with van der Waals surface area (Å²) in [7, 11) is 0. The number of para-hydroxylation sites is 1. The van der Waals surface area contributed by atoms with E-state index in [1.807, 2.05) is 18.2 Å². The molecule has 0 unspecified atom stereocenters. The van der Waals surface area contributed by atoms with Gasteiger partial charge in [0.1, 0.15) is 5.52 Å². The van der Waals surface area contributed by atoms with Gasteiger partial charge in [-0.25, -0.2) is 9.97 Å². The van der Waals surface area contributed by atoms with Crippen molar-refractivity contribution in [2.24, 2.45) is 0 Å². The van der Waals surface area contributed by atoms with Crippen LogP contribution in [0.25, 0.3) is 11.0 Å². The van der Waals surface area contributed by atoms with E-state index in [0.29, 0.717) is 42.4 Å². The summed E-state index contributed by atoms with van der Waals surface area (Å²) in [5.74, 6) is 0.519. The number of aromatic nitrogens is 2. The number of hydrogen-bond acceptors (Lipinski definition) is 6. The molecule has 114 valence electrons. The molecule has 21 heavy (non-hydrogen) atoms. The molecule has 1 aromatic heterocycles. The molecule has 0 radical (unpaired) electrons. The molecule has 0 saturated carbocycles. The van der Waals surface area contributed by atoms with Crippen LogP contribution in [0.2, 0.25) is 5.15 Å². The fourth-order valence-electron chi connectivity index (χ4n) is 1.90. The predicted molar refractivity (Wildman–Crippen MR) is 84.9 cm³/mol. The van der Waals surface area contributed by atoms with Crippen LogP contribution < -0.4 is 10.6 Å². The Kier molecular flexibility index (Phi) is 5.98. The Morgan fingerprint density at radius 3 is 2.43 bits per heavy atom. The average Bonchev–Trinajstić information content (AvgIpc) is 2.49. The summed E-state index contributed by atoms with van der Waals surface area (Å²) in [6.07, 6.45) is 1.29. The van der Waals surface area contributed by atoms with Crippen molar-refractivity contribution in [1.82, 2.24) is 9.97 Å². The van der Waals surface area contributed by atoms with Crippen LogP contribution in [-0.4, -0.2) is 46.5 Å². The molecule has 0 bridgehead atoms. The predicted octanol–water partition coefficient (Wildman–Crippen LogP) is 1.87. The largest absolute Gasteiger partial charge is 0.396 e. The molecule has 0 aliphatic heterocycles. The summed E-state index contributed by atoms with van der Waals surface area (Å²) >= 11 is 6.15. The highest BCUT2D eigenvalue weighted by Gasteiger charge is 2.09. The van der Waals surface area contributed by atoms with E-state index in [0.717, 1.165) is 11.2 Å². The summed E-state index contributed by atoms with van der Waals surface area (Å²) in [4.78, 5) is 8.84. The maximum Gasteiger partial charge on any atom is 0.172 e. The lowest BCUT2D eigenvalue weighted by Crippen LogP contribution is -2.08. The van der Waals surface area contributed by atoms with E-state index < -0.39 is 0 Å². The van der Waals surface area contributed by atoms with Gasteiger partial charge in [0.15, 0.2) is 11.0 Å². The zero-order chi connectivity index (χ0) is 15.1. The van der Waals surface area contributed by atoms with Gasteiger partial charge in [-0.05, 0) is 25.0 Å². The monoisotopic (exact) mass is 310 g/mol.